The van der Waals surface area contributed by atoms with Crippen molar-refractivity contribution < 1.29 is 23.9 Å². The van der Waals surface area contributed by atoms with Gasteiger partial charge in [-0.15, -0.1) is 0 Å². The number of esters is 1. The topological polar surface area (TPSA) is 110 Å². The van der Waals surface area contributed by atoms with Gasteiger partial charge in [0.2, 0.25) is 5.91 Å². The molecule has 3 rings (SSSR count). The third kappa shape index (κ3) is 6.84. The minimum atomic E-state index is -0.948. The molecule has 34 heavy (non-hydrogen) atoms. The molecule has 0 spiro atoms. The van der Waals surface area contributed by atoms with Gasteiger partial charge in [0.25, 0.3) is 0 Å². The van der Waals surface area contributed by atoms with Crippen LogP contribution in [-0.4, -0.2) is 42.1 Å². The zero-order chi connectivity index (χ0) is 24.3. The number of H-pyrrole nitrogens is 1. The van der Waals surface area contributed by atoms with Crippen LogP contribution in [0.3, 0.4) is 0 Å². The highest BCUT2D eigenvalue weighted by molar-refractivity contribution is 5.91. The maximum atomic E-state index is 13.2. The summed E-state index contributed by atoms with van der Waals surface area (Å²) in [6, 6.07) is 15.3. The standard InChI is InChI=1S/C26H31N3O5/c1-3-4-13-22(25(31)33-2)28-24(30)23(15-19-16-27-21-14-9-8-12-20(19)21)29-26(32)34-17-18-10-6-5-7-11-18/h5-12,14,16,22-23,27H,3-4,13,15,17H2,1-2H3,(H,28,30)(H,29,32). The predicted molar refractivity (Wildman–Crippen MR) is 129 cm³/mol. The number of unbranched alkanes of at least 4 members (excludes halogenated alkanes) is 1. The molecule has 0 aliphatic heterocycles. The Kier molecular flexibility index (Phi) is 9.08. The Labute approximate surface area is 199 Å². The zero-order valence-corrected chi connectivity index (χ0v) is 19.5. The van der Waals surface area contributed by atoms with Gasteiger partial charge in [-0.05, 0) is 23.6 Å². The van der Waals surface area contributed by atoms with E-state index < -0.39 is 30.1 Å². The Morgan fingerprint density at radius 2 is 1.71 bits per heavy atom. The van der Waals surface area contributed by atoms with Gasteiger partial charge in [-0.25, -0.2) is 9.59 Å². The highest BCUT2D eigenvalue weighted by Crippen LogP contribution is 2.19. The molecule has 0 bridgehead atoms. The number of methoxy groups -OCH3 is 1. The lowest BCUT2D eigenvalue weighted by atomic mass is 10.0. The summed E-state index contributed by atoms with van der Waals surface area (Å²) in [5.41, 5.74) is 2.63. The maximum Gasteiger partial charge on any atom is 0.408 e. The number of hydrogen-bond donors (Lipinski definition) is 3. The minimum Gasteiger partial charge on any atom is -0.467 e. The SMILES string of the molecule is CCCCC(NC(=O)C(Cc1c[nH]c2ccccc12)NC(=O)OCc1ccccc1)C(=O)OC. The summed E-state index contributed by atoms with van der Waals surface area (Å²) >= 11 is 0. The number of para-hydroxylation sites is 1. The first-order valence-electron chi connectivity index (χ1n) is 11.4. The first-order chi connectivity index (χ1) is 16.5. The fourth-order valence-electron chi connectivity index (χ4n) is 3.71. The molecule has 2 amide bonds. The van der Waals surface area contributed by atoms with Crippen molar-refractivity contribution in [1.29, 1.82) is 0 Å². The number of ether oxygens (including phenoxy) is 2. The third-order valence-corrected chi connectivity index (χ3v) is 5.57. The van der Waals surface area contributed by atoms with Crippen molar-refractivity contribution in [2.75, 3.05) is 7.11 Å². The molecule has 2 atom stereocenters. The summed E-state index contributed by atoms with van der Waals surface area (Å²) in [5.74, 6) is -0.993. The van der Waals surface area contributed by atoms with E-state index in [4.69, 9.17) is 9.47 Å². The van der Waals surface area contributed by atoms with Gasteiger partial charge < -0.3 is 25.1 Å². The third-order valence-electron chi connectivity index (χ3n) is 5.57. The minimum absolute atomic E-state index is 0.0788. The van der Waals surface area contributed by atoms with Crippen LogP contribution in [0.25, 0.3) is 10.9 Å². The second-order valence-electron chi connectivity index (χ2n) is 8.05. The van der Waals surface area contributed by atoms with Gasteiger partial charge in [-0.2, -0.15) is 0 Å². The molecule has 180 valence electrons. The Morgan fingerprint density at radius 1 is 0.971 bits per heavy atom. The van der Waals surface area contributed by atoms with Crippen molar-refractivity contribution in [2.24, 2.45) is 0 Å². The molecule has 0 aliphatic carbocycles. The van der Waals surface area contributed by atoms with Crippen LogP contribution < -0.4 is 10.6 Å². The number of carbonyl (C=O) groups is 3. The van der Waals surface area contributed by atoms with Crippen LogP contribution in [0.2, 0.25) is 0 Å². The summed E-state index contributed by atoms with van der Waals surface area (Å²) in [4.78, 5) is 41.1. The molecule has 1 heterocycles. The number of carbonyl (C=O) groups excluding carboxylic acids is 3. The molecule has 2 unspecified atom stereocenters. The first-order valence-corrected chi connectivity index (χ1v) is 11.4. The molecule has 0 saturated heterocycles. The average Bonchev–Trinajstić information content (AvgIpc) is 3.27. The lowest BCUT2D eigenvalue weighted by Crippen LogP contribution is -2.52. The van der Waals surface area contributed by atoms with Gasteiger partial charge >= 0.3 is 12.1 Å². The summed E-state index contributed by atoms with van der Waals surface area (Å²) in [7, 11) is 1.29. The van der Waals surface area contributed by atoms with Gasteiger partial charge in [0, 0.05) is 23.5 Å². The van der Waals surface area contributed by atoms with Crippen molar-refractivity contribution >= 4 is 28.9 Å². The van der Waals surface area contributed by atoms with Crippen molar-refractivity contribution in [3.63, 3.8) is 0 Å². The van der Waals surface area contributed by atoms with Crippen LogP contribution >= 0.6 is 0 Å². The first kappa shape index (κ1) is 24.8. The highest BCUT2D eigenvalue weighted by atomic mass is 16.5. The van der Waals surface area contributed by atoms with Crippen LogP contribution in [0.1, 0.15) is 37.3 Å². The molecule has 8 heteroatoms. The molecule has 3 N–H and O–H groups in total. The molecule has 0 radical (unpaired) electrons. The number of amides is 2. The number of aromatic nitrogens is 1. The molecular formula is C26H31N3O5. The lowest BCUT2D eigenvalue weighted by Gasteiger charge is -2.22. The average molecular weight is 466 g/mol. The molecule has 2 aromatic carbocycles. The monoisotopic (exact) mass is 465 g/mol. The number of aromatic amines is 1. The summed E-state index contributed by atoms with van der Waals surface area (Å²) in [6.45, 7) is 2.08. The molecule has 1 aromatic heterocycles. The number of benzene rings is 2. The van der Waals surface area contributed by atoms with Crippen LogP contribution in [-0.2, 0) is 32.1 Å². The van der Waals surface area contributed by atoms with Gasteiger partial charge in [0.05, 0.1) is 7.11 Å². The molecule has 0 aliphatic rings. The lowest BCUT2D eigenvalue weighted by molar-refractivity contribution is -0.145. The number of alkyl carbamates (subject to hydrolysis) is 1. The summed E-state index contributed by atoms with van der Waals surface area (Å²) in [6.07, 6.45) is 3.39. The van der Waals surface area contributed by atoms with E-state index >= 15 is 0 Å². The van der Waals surface area contributed by atoms with E-state index in [-0.39, 0.29) is 13.0 Å². The quantitative estimate of drug-likeness (QED) is 0.373. The second kappa shape index (κ2) is 12.4. The highest BCUT2D eigenvalue weighted by Gasteiger charge is 2.28. The summed E-state index contributed by atoms with van der Waals surface area (Å²) in [5, 5.41) is 6.37. The molecule has 0 saturated carbocycles. The van der Waals surface area contributed by atoms with Crippen molar-refractivity contribution in [1.82, 2.24) is 15.6 Å². The van der Waals surface area contributed by atoms with Crippen LogP contribution in [0, 0.1) is 0 Å². The molecule has 0 fully saturated rings. The van der Waals surface area contributed by atoms with Crippen molar-refractivity contribution in [3.05, 3.63) is 71.9 Å². The van der Waals surface area contributed by atoms with E-state index in [1.54, 1.807) is 0 Å². The second-order valence-corrected chi connectivity index (χ2v) is 8.05. The van der Waals surface area contributed by atoms with Crippen LogP contribution in [0.5, 0.6) is 0 Å². The number of fused-ring (bicyclic) bond motifs is 1. The Bertz CT molecular complexity index is 1100. The van der Waals surface area contributed by atoms with Gasteiger partial charge in [-0.1, -0.05) is 68.3 Å². The van der Waals surface area contributed by atoms with Crippen LogP contribution in [0.4, 0.5) is 4.79 Å². The molecule has 8 nitrogen and oxygen atoms in total. The predicted octanol–water partition coefficient (Wildman–Crippen LogP) is 3.85. The van der Waals surface area contributed by atoms with Gasteiger partial charge in [0.1, 0.15) is 18.7 Å². The fourth-order valence-corrected chi connectivity index (χ4v) is 3.71. The maximum absolute atomic E-state index is 13.2. The Morgan fingerprint density at radius 3 is 2.44 bits per heavy atom. The summed E-state index contributed by atoms with van der Waals surface area (Å²) < 4.78 is 10.2. The van der Waals surface area contributed by atoms with Crippen LogP contribution in [0.15, 0.2) is 60.8 Å². The van der Waals surface area contributed by atoms with E-state index in [2.05, 4.69) is 15.6 Å². The molecule has 3 aromatic rings. The van der Waals surface area contributed by atoms with E-state index in [0.717, 1.165) is 34.9 Å². The Balaban J connectivity index is 1.75. The van der Waals surface area contributed by atoms with E-state index in [1.807, 2.05) is 67.7 Å². The van der Waals surface area contributed by atoms with E-state index in [0.29, 0.717) is 6.42 Å². The molecular weight excluding hydrogens is 434 g/mol. The fraction of sp³-hybridized carbons (Fsp3) is 0.346. The largest absolute Gasteiger partial charge is 0.467 e. The smallest absolute Gasteiger partial charge is 0.408 e. The number of rotatable bonds is 11. The van der Waals surface area contributed by atoms with E-state index in [9.17, 15) is 14.4 Å². The number of nitrogens with one attached hydrogen (secondary N) is 3. The zero-order valence-electron chi connectivity index (χ0n) is 19.5. The normalized spacial score (nSPS) is 12.5. The van der Waals surface area contributed by atoms with Gasteiger partial charge in [-0.3, -0.25) is 4.79 Å². The van der Waals surface area contributed by atoms with Crippen molar-refractivity contribution in [2.45, 2.75) is 51.3 Å². The van der Waals surface area contributed by atoms with Crippen molar-refractivity contribution in [3.8, 4) is 0 Å². The van der Waals surface area contributed by atoms with Gasteiger partial charge in [0.15, 0.2) is 0 Å². The number of hydrogen-bond acceptors (Lipinski definition) is 5. The van der Waals surface area contributed by atoms with E-state index in [1.165, 1.54) is 7.11 Å². The Hall–Kier alpha value is -3.81.